The number of nitrogens with zero attached hydrogens (tertiary/aromatic N) is 1. The highest BCUT2D eigenvalue weighted by atomic mass is 32.2. The number of phenols is 1. The molecule has 2 aromatic carbocycles. The van der Waals surface area contributed by atoms with Gasteiger partial charge in [-0.15, -0.1) is 11.8 Å². The van der Waals surface area contributed by atoms with Crippen LogP contribution in [0.5, 0.6) is 5.75 Å². The molecule has 5 atom stereocenters. The average Bonchev–Trinajstić information content (AvgIpc) is 2.95. The van der Waals surface area contributed by atoms with E-state index in [0.717, 1.165) is 17.9 Å². The summed E-state index contributed by atoms with van der Waals surface area (Å²) in [4.78, 5) is 29.4. The van der Waals surface area contributed by atoms with Gasteiger partial charge >= 0.3 is 0 Å². The van der Waals surface area contributed by atoms with E-state index in [2.05, 4.69) is 10.2 Å². The SMILES string of the molecule is CCC(=O)[C@@H]1C[C@@H]2CCCC[C@@H]2CN1C[C@@H](O)[C@H](CSc1ccccc1)NC(=O)c1cccc(O)c1C.CS(=O)(=O)O. The van der Waals surface area contributed by atoms with Crippen LogP contribution in [0.1, 0.15) is 61.4 Å². The number of nitrogens with one attached hydrogen (secondary N) is 1. The maximum absolute atomic E-state index is 13.2. The Kier molecular flexibility index (Phi) is 12.9. The van der Waals surface area contributed by atoms with Crippen molar-refractivity contribution in [2.24, 2.45) is 11.8 Å². The van der Waals surface area contributed by atoms with Gasteiger partial charge in [0.05, 0.1) is 24.4 Å². The number of amides is 1. The Morgan fingerprint density at radius 2 is 1.71 bits per heavy atom. The van der Waals surface area contributed by atoms with E-state index in [0.29, 0.717) is 47.9 Å². The van der Waals surface area contributed by atoms with Gasteiger partial charge in [0, 0.05) is 41.3 Å². The molecule has 1 saturated carbocycles. The van der Waals surface area contributed by atoms with Gasteiger partial charge in [-0.05, 0) is 55.9 Å². The molecule has 0 radical (unpaired) electrons. The summed E-state index contributed by atoms with van der Waals surface area (Å²) in [6, 6.07) is 14.1. The number of aromatic hydroxyl groups is 1. The molecule has 4 N–H and O–H groups in total. The number of rotatable bonds is 10. The van der Waals surface area contributed by atoms with Gasteiger partial charge in [-0.25, -0.2) is 0 Å². The first-order chi connectivity index (χ1) is 19.9. The molecule has 1 aliphatic heterocycles. The fourth-order valence-corrected chi connectivity index (χ4v) is 6.93. The van der Waals surface area contributed by atoms with Crippen molar-refractivity contribution in [2.45, 2.75) is 75.5 Å². The van der Waals surface area contributed by atoms with E-state index in [4.69, 9.17) is 4.55 Å². The molecule has 232 valence electrons. The van der Waals surface area contributed by atoms with Gasteiger partial charge in [-0.2, -0.15) is 8.42 Å². The molecule has 0 aromatic heterocycles. The highest BCUT2D eigenvalue weighted by molar-refractivity contribution is 7.99. The van der Waals surface area contributed by atoms with E-state index < -0.39 is 22.3 Å². The summed E-state index contributed by atoms with van der Waals surface area (Å²) in [6.07, 6.45) is 6.11. The van der Waals surface area contributed by atoms with Crippen LogP contribution in [0.15, 0.2) is 53.4 Å². The second kappa shape index (κ2) is 15.9. The number of hydrogen-bond acceptors (Lipinski definition) is 8. The average molecular weight is 621 g/mol. The Morgan fingerprint density at radius 1 is 1.07 bits per heavy atom. The topological polar surface area (TPSA) is 144 Å². The quantitative estimate of drug-likeness (QED) is 0.226. The molecule has 0 unspecified atom stereocenters. The number of hydrogen-bond donors (Lipinski definition) is 4. The van der Waals surface area contributed by atoms with Crippen LogP contribution in [-0.4, -0.2) is 83.1 Å². The third-order valence-electron chi connectivity index (χ3n) is 8.15. The lowest BCUT2D eigenvalue weighted by atomic mass is 9.72. The van der Waals surface area contributed by atoms with Gasteiger partial charge in [-0.3, -0.25) is 19.0 Å². The van der Waals surface area contributed by atoms with Crippen LogP contribution in [-0.2, 0) is 14.9 Å². The summed E-state index contributed by atoms with van der Waals surface area (Å²) in [7, 11) is -3.67. The van der Waals surface area contributed by atoms with Crippen LogP contribution in [0.3, 0.4) is 0 Å². The molecule has 11 heteroatoms. The maximum Gasteiger partial charge on any atom is 0.261 e. The number of ketones is 1. The predicted molar refractivity (Wildman–Crippen MR) is 165 cm³/mol. The van der Waals surface area contributed by atoms with Crippen LogP contribution in [0, 0.1) is 18.8 Å². The Labute approximate surface area is 253 Å². The van der Waals surface area contributed by atoms with Crippen molar-refractivity contribution in [3.05, 3.63) is 59.7 Å². The molecule has 0 bridgehead atoms. The van der Waals surface area contributed by atoms with Gasteiger partial charge in [0.2, 0.25) is 0 Å². The Hall–Kier alpha value is -2.44. The van der Waals surface area contributed by atoms with Crippen molar-refractivity contribution in [3.63, 3.8) is 0 Å². The van der Waals surface area contributed by atoms with Gasteiger partial charge in [0.15, 0.2) is 0 Å². The number of aliphatic hydroxyl groups excluding tert-OH is 1. The fraction of sp³-hybridized carbons (Fsp3) is 0.548. The normalized spacial score (nSPS) is 22.2. The van der Waals surface area contributed by atoms with Crippen LogP contribution in [0.2, 0.25) is 0 Å². The molecule has 1 amide bonds. The van der Waals surface area contributed by atoms with E-state index in [-0.39, 0.29) is 23.5 Å². The van der Waals surface area contributed by atoms with Gasteiger partial charge in [-0.1, -0.05) is 50.5 Å². The van der Waals surface area contributed by atoms with Crippen molar-refractivity contribution in [2.75, 3.05) is 25.1 Å². The smallest absolute Gasteiger partial charge is 0.261 e. The summed E-state index contributed by atoms with van der Waals surface area (Å²) < 4.78 is 25.9. The molecule has 2 aromatic rings. The van der Waals surface area contributed by atoms with Gasteiger partial charge < -0.3 is 15.5 Å². The number of Topliss-reactive ketones (excluding diaryl/α,β-unsaturated/α-hetero) is 1. The second-order valence-corrected chi connectivity index (χ2v) is 13.8. The first-order valence-corrected chi connectivity index (χ1v) is 17.3. The molecule has 1 saturated heterocycles. The molecule has 2 fully saturated rings. The number of carbonyl (C=O) groups excluding carboxylic acids is 2. The largest absolute Gasteiger partial charge is 0.508 e. The van der Waals surface area contributed by atoms with E-state index in [1.165, 1.54) is 25.7 Å². The maximum atomic E-state index is 13.2. The van der Waals surface area contributed by atoms with Crippen molar-refractivity contribution in [1.29, 1.82) is 0 Å². The van der Waals surface area contributed by atoms with Crippen LogP contribution >= 0.6 is 11.8 Å². The molecule has 2 aliphatic rings. The summed E-state index contributed by atoms with van der Waals surface area (Å²) in [5.74, 6) is 1.65. The molecule has 4 rings (SSSR count). The fourth-order valence-electron chi connectivity index (χ4n) is 5.91. The van der Waals surface area contributed by atoms with Crippen LogP contribution < -0.4 is 5.32 Å². The highest BCUT2D eigenvalue weighted by Crippen LogP contribution is 2.39. The molecule has 1 heterocycles. The lowest BCUT2D eigenvalue weighted by Crippen LogP contribution is -2.57. The highest BCUT2D eigenvalue weighted by Gasteiger charge is 2.40. The molecular weight excluding hydrogens is 576 g/mol. The molecule has 1 aliphatic carbocycles. The zero-order valence-corrected chi connectivity index (χ0v) is 26.2. The minimum Gasteiger partial charge on any atom is -0.508 e. The Balaban J connectivity index is 0.000000892. The summed E-state index contributed by atoms with van der Waals surface area (Å²) in [5, 5.41) is 24.6. The van der Waals surface area contributed by atoms with Crippen LogP contribution in [0.4, 0.5) is 0 Å². The van der Waals surface area contributed by atoms with Gasteiger partial charge in [0.1, 0.15) is 11.5 Å². The van der Waals surface area contributed by atoms with E-state index in [9.17, 15) is 28.2 Å². The van der Waals surface area contributed by atoms with E-state index in [1.807, 2.05) is 37.3 Å². The molecule has 42 heavy (non-hydrogen) atoms. The number of aliphatic hydroxyl groups is 1. The molecule has 0 spiro atoms. The van der Waals surface area contributed by atoms with Crippen molar-refractivity contribution in [1.82, 2.24) is 10.2 Å². The number of benzene rings is 2. The number of likely N-dealkylation sites (tertiary alicyclic amines) is 1. The summed E-state index contributed by atoms with van der Waals surface area (Å²) in [5.41, 5.74) is 0.904. The first kappa shape index (κ1) is 34.1. The Bertz CT molecular complexity index is 1280. The summed E-state index contributed by atoms with van der Waals surface area (Å²) >= 11 is 1.58. The summed E-state index contributed by atoms with van der Waals surface area (Å²) in [6.45, 7) is 4.81. The minimum atomic E-state index is -3.67. The van der Waals surface area contributed by atoms with Crippen LogP contribution in [0.25, 0.3) is 0 Å². The third-order valence-corrected chi connectivity index (χ3v) is 9.28. The van der Waals surface area contributed by atoms with Crippen molar-refractivity contribution < 1.29 is 32.8 Å². The predicted octanol–water partition coefficient (Wildman–Crippen LogP) is 4.32. The molecule has 9 nitrogen and oxygen atoms in total. The number of β-amino-alcohol motifs (C(OH)–C–C–N with tert-alkyl or cyclic N) is 1. The monoisotopic (exact) mass is 620 g/mol. The standard InChI is InChI=1S/C30H40N2O4S.CH4O3S/c1-3-27(33)26-16-21-10-7-8-11-22(21)17-32(26)18-29(35)25(19-37-23-12-5-4-6-13-23)31-30(36)24-14-9-15-28(34)20(24)2;1-5(2,3)4/h4-6,9,12-15,21-22,25-26,29,34-35H,3,7-8,10-11,16-19H2,1-2H3,(H,31,36);1H3,(H,2,3,4)/t21-,22+,25-,26-,29+;/m0./s1. The number of fused-ring (bicyclic) bond motifs is 1. The third kappa shape index (κ3) is 10.4. The zero-order chi connectivity index (χ0) is 30.9. The lowest BCUT2D eigenvalue weighted by Gasteiger charge is -2.46. The molecular formula is C31H44N2O7S2. The Morgan fingerprint density at radius 3 is 2.36 bits per heavy atom. The second-order valence-electron chi connectivity index (χ2n) is 11.3. The number of piperidine rings is 1. The zero-order valence-electron chi connectivity index (χ0n) is 24.6. The van der Waals surface area contributed by atoms with Crippen molar-refractivity contribution >= 4 is 33.6 Å². The number of phenolic OH excluding ortho intramolecular Hbond substituents is 1. The van der Waals surface area contributed by atoms with Crippen molar-refractivity contribution in [3.8, 4) is 5.75 Å². The minimum absolute atomic E-state index is 0.0691. The number of thioether (sulfide) groups is 1. The first-order valence-electron chi connectivity index (χ1n) is 14.5. The lowest BCUT2D eigenvalue weighted by molar-refractivity contribution is -0.128. The number of carbonyl (C=O) groups is 2. The van der Waals surface area contributed by atoms with Gasteiger partial charge in [0.25, 0.3) is 16.0 Å². The van der Waals surface area contributed by atoms with E-state index in [1.54, 1.807) is 36.9 Å². The van der Waals surface area contributed by atoms with E-state index >= 15 is 0 Å².